The van der Waals surface area contributed by atoms with Gasteiger partial charge in [-0.05, 0) is 36.3 Å². The zero-order valence-corrected chi connectivity index (χ0v) is 13.2. The van der Waals surface area contributed by atoms with Crippen LogP contribution in [0.2, 0.25) is 0 Å². The Bertz CT molecular complexity index is 795. The Morgan fingerprint density at radius 2 is 2.08 bits per heavy atom. The number of phenolic OH excluding ortho intramolecular Hbond substituents is 2. The van der Waals surface area contributed by atoms with Gasteiger partial charge in [-0.3, -0.25) is 4.79 Å². The van der Waals surface area contributed by atoms with Gasteiger partial charge in [0.05, 0.1) is 0 Å². The van der Waals surface area contributed by atoms with Crippen LogP contribution in [-0.2, 0) is 26.1 Å². The Hall–Kier alpha value is -2.31. The zero-order valence-electron chi connectivity index (χ0n) is 13.2. The van der Waals surface area contributed by atoms with Crippen molar-refractivity contribution in [2.24, 2.45) is 0 Å². The molecule has 1 heterocycles. The highest BCUT2D eigenvalue weighted by molar-refractivity contribution is 6.01. The number of rotatable bonds is 2. The summed E-state index contributed by atoms with van der Waals surface area (Å²) in [7, 11) is 0. The maximum atomic E-state index is 11.8. The van der Waals surface area contributed by atoms with Crippen LogP contribution >= 0.6 is 0 Å². The van der Waals surface area contributed by atoms with Crippen molar-refractivity contribution in [2.45, 2.75) is 30.5 Å². The molecular formula is C18H18O6. The van der Waals surface area contributed by atoms with Crippen LogP contribution in [0.25, 0.3) is 0 Å². The molecule has 2 bridgehead atoms. The van der Waals surface area contributed by atoms with Gasteiger partial charge in [-0.25, -0.2) is 0 Å². The third-order valence-corrected chi connectivity index (χ3v) is 5.05. The highest BCUT2D eigenvalue weighted by Crippen LogP contribution is 2.55. The van der Waals surface area contributed by atoms with Crippen molar-refractivity contribution in [2.75, 3.05) is 13.2 Å². The topological polar surface area (TPSA) is 96.2 Å². The van der Waals surface area contributed by atoms with Gasteiger partial charge in [0.25, 0.3) is 0 Å². The monoisotopic (exact) mass is 330 g/mol. The fourth-order valence-corrected chi connectivity index (χ4v) is 4.11. The van der Waals surface area contributed by atoms with Crippen LogP contribution in [0.1, 0.15) is 18.1 Å². The summed E-state index contributed by atoms with van der Waals surface area (Å²) in [5.74, 6) is -0.321. The Balaban J connectivity index is 2.04. The molecule has 6 heteroatoms. The molecule has 0 amide bonds. The summed E-state index contributed by atoms with van der Waals surface area (Å²) in [6, 6.07) is 2.91. The maximum Gasteiger partial charge on any atom is 0.181 e. The van der Waals surface area contributed by atoms with Crippen LogP contribution in [0, 0.1) is 0 Å². The molecule has 1 aromatic rings. The standard InChI is InChI=1S/C18H18O6/c1-2-23-16-17(22)8-10-5-13(20)14(21)7-12(10)18(16)4-3-11(19)6-15(18)24-9-17/h3-7,16,20-22H,2,8-9H2,1H3. The lowest BCUT2D eigenvalue weighted by molar-refractivity contribution is -0.190. The third kappa shape index (κ3) is 1.81. The Kier molecular flexibility index (Phi) is 3.07. The lowest BCUT2D eigenvalue weighted by Gasteiger charge is -2.55. The average molecular weight is 330 g/mol. The van der Waals surface area contributed by atoms with Crippen molar-refractivity contribution in [3.05, 3.63) is 47.2 Å². The normalized spacial score (nSPS) is 33.3. The second-order valence-corrected chi connectivity index (χ2v) is 6.52. The maximum absolute atomic E-state index is 11.8. The summed E-state index contributed by atoms with van der Waals surface area (Å²) in [5.41, 5.74) is -0.947. The molecule has 1 spiro atoms. The van der Waals surface area contributed by atoms with Crippen LogP contribution in [0.5, 0.6) is 11.5 Å². The van der Waals surface area contributed by atoms with Crippen LogP contribution in [0.3, 0.4) is 0 Å². The molecule has 4 rings (SSSR count). The summed E-state index contributed by atoms with van der Waals surface area (Å²) in [5, 5.41) is 31.0. The number of ether oxygens (including phenoxy) is 2. The number of aliphatic hydroxyl groups is 1. The Labute approximate surface area is 138 Å². The fourth-order valence-electron chi connectivity index (χ4n) is 4.11. The molecule has 2 aliphatic carbocycles. The molecule has 1 aromatic carbocycles. The third-order valence-electron chi connectivity index (χ3n) is 5.05. The van der Waals surface area contributed by atoms with Gasteiger partial charge in [-0.1, -0.05) is 6.08 Å². The van der Waals surface area contributed by atoms with Crippen molar-refractivity contribution in [1.29, 1.82) is 0 Å². The van der Waals surface area contributed by atoms with Crippen LogP contribution < -0.4 is 0 Å². The molecule has 3 atom stereocenters. The first-order valence-corrected chi connectivity index (χ1v) is 7.88. The van der Waals surface area contributed by atoms with Gasteiger partial charge >= 0.3 is 0 Å². The molecular weight excluding hydrogens is 312 g/mol. The zero-order chi connectivity index (χ0) is 17.1. The van der Waals surface area contributed by atoms with Gasteiger partial charge in [-0.2, -0.15) is 0 Å². The number of ketones is 1. The average Bonchev–Trinajstić information content (AvgIpc) is 2.53. The van der Waals surface area contributed by atoms with E-state index in [9.17, 15) is 20.1 Å². The SMILES string of the molecule is CCOC1C2(O)COC3=CC(=O)C=CC31c1cc(O)c(O)cc1C2. The number of benzene rings is 1. The summed E-state index contributed by atoms with van der Waals surface area (Å²) < 4.78 is 11.6. The molecule has 1 fully saturated rings. The van der Waals surface area contributed by atoms with Gasteiger partial charge in [0.2, 0.25) is 0 Å². The van der Waals surface area contributed by atoms with E-state index in [0.717, 1.165) is 0 Å². The van der Waals surface area contributed by atoms with Crippen LogP contribution in [0.15, 0.2) is 36.1 Å². The van der Waals surface area contributed by atoms with E-state index in [1.807, 2.05) is 6.92 Å². The molecule has 1 saturated heterocycles. The molecule has 0 saturated carbocycles. The first-order chi connectivity index (χ1) is 11.4. The number of hydrogen-bond donors (Lipinski definition) is 3. The summed E-state index contributed by atoms with van der Waals surface area (Å²) in [6.45, 7) is 2.21. The predicted molar refractivity (Wildman–Crippen MR) is 83.7 cm³/mol. The number of fused-ring (bicyclic) bond motifs is 2. The fraction of sp³-hybridized carbons (Fsp3) is 0.389. The second kappa shape index (κ2) is 4.84. The molecule has 3 unspecified atom stereocenters. The van der Waals surface area contributed by atoms with Crippen molar-refractivity contribution in [3.63, 3.8) is 0 Å². The van der Waals surface area contributed by atoms with Crippen molar-refractivity contribution < 1.29 is 29.6 Å². The van der Waals surface area contributed by atoms with Crippen LogP contribution in [-0.4, -0.2) is 46.0 Å². The number of allylic oxidation sites excluding steroid dienone is 2. The smallest absolute Gasteiger partial charge is 0.181 e. The lowest BCUT2D eigenvalue weighted by Crippen LogP contribution is -2.66. The Morgan fingerprint density at radius 3 is 2.83 bits per heavy atom. The van der Waals surface area contributed by atoms with Gasteiger partial charge in [-0.15, -0.1) is 0 Å². The van der Waals surface area contributed by atoms with E-state index < -0.39 is 17.1 Å². The molecule has 3 aliphatic rings. The minimum Gasteiger partial charge on any atom is -0.504 e. The number of aromatic hydroxyl groups is 2. The minimum atomic E-state index is -1.30. The predicted octanol–water partition coefficient (Wildman–Crippen LogP) is 1.08. The van der Waals surface area contributed by atoms with E-state index in [-0.39, 0.29) is 30.3 Å². The highest BCUT2D eigenvalue weighted by atomic mass is 16.5. The number of hydrogen-bond acceptors (Lipinski definition) is 6. The minimum absolute atomic E-state index is 0.00650. The molecule has 24 heavy (non-hydrogen) atoms. The van der Waals surface area contributed by atoms with Crippen molar-refractivity contribution in [3.8, 4) is 11.5 Å². The van der Waals surface area contributed by atoms with Crippen molar-refractivity contribution in [1.82, 2.24) is 0 Å². The van der Waals surface area contributed by atoms with Gasteiger partial charge in [0, 0.05) is 19.1 Å². The lowest BCUT2D eigenvalue weighted by atomic mass is 9.58. The molecule has 0 aromatic heterocycles. The quantitative estimate of drug-likeness (QED) is 0.702. The second-order valence-electron chi connectivity index (χ2n) is 6.52. The van der Waals surface area contributed by atoms with E-state index in [2.05, 4.69) is 0 Å². The van der Waals surface area contributed by atoms with E-state index in [0.29, 0.717) is 23.5 Å². The first-order valence-electron chi connectivity index (χ1n) is 7.88. The summed E-state index contributed by atoms with van der Waals surface area (Å²) in [4.78, 5) is 11.8. The highest BCUT2D eigenvalue weighted by Gasteiger charge is 2.62. The van der Waals surface area contributed by atoms with Gasteiger partial charge in [0.15, 0.2) is 17.3 Å². The van der Waals surface area contributed by atoms with E-state index in [1.54, 1.807) is 6.08 Å². The molecule has 126 valence electrons. The first kappa shape index (κ1) is 15.2. The van der Waals surface area contributed by atoms with Gasteiger partial charge < -0.3 is 24.8 Å². The number of carbonyl (C=O) groups is 1. The van der Waals surface area contributed by atoms with Crippen LogP contribution in [0.4, 0.5) is 0 Å². The van der Waals surface area contributed by atoms with E-state index >= 15 is 0 Å². The van der Waals surface area contributed by atoms with E-state index in [1.165, 1.54) is 24.3 Å². The molecule has 3 N–H and O–H groups in total. The molecule has 6 nitrogen and oxygen atoms in total. The Morgan fingerprint density at radius 1 is 1.33 bits per heavy atom. The number of carbonyl (C=O) groups excluding carboxylic acids is 1. The number of phenols is 2. The molecule has 0 radical (unpaired) electrons. The van der Waals surface area contributed by atoms with Gasteiger partial charge in [0.1, 0.15) is 29.5 Å². The van der Waals surface area contributed by atoms with Crippen molar-refractivity contribution >= 4 is 5.78 Å². The summed E-state index contributed by atoms with van der Waals surface area (Å²) >= 11 is 0. The molecule has 1 aliphatic heterocycles. The summed E-state index contributed by atoms with van der Waals surface area (Å²) in [6.07, 6.45) is 4.05. The largest absolute Gasteiger partial charge is 0.504 e. The van der Waals surface area contributed by atoms with E-state index in [4.69, 9.17) is 9.47 Å².